The van der Waals surface area contributed by atoms with E-state index in [2.05, 4.69) is 10.6 Å². The number of rotatable bonds is 6. The molecule has 1 aromatic rings. The summed E-state index contributed by atoms with van der Waals surface area (Å²) in [6.07, 6.45) is 2.87. The number of nitrogens with one attached hydrogen (secondary N) is 2. The van der Waals surface area contributed by atoms with Gasteiger partial charge in [-0.25, -0.2) is 0 Å². The molecule has 0 unspecified atom stereocenters. The minimum absolute atomic E-state index is 0.0809. The van der Waals surface area contributed by atoms with E-state index in [9.17, 15) is 14.6 Å². The Bertz CT molecular complexity index is 646. The molecule has 1 aromatic carbocycles. The Hall–Kier alpha value is -1.70. The van der Waals surface area contributed by atoms with Crippen LogP contribution in [0.25, 0.3) is 0 Å². The minimum Gasteiger partial charge on any atom is -0.535 e. The van der Waals surface area contributed by atoms with Crippen LogP contribution in [-0.4, -0.2) is 49.4 Å². The highest BCUT2D eigenvalue weighted by Crippen LogP contribution is 2.36. The zero-order valence-corrected chi connectivity index (χ0v) is 14.6. The van der Waals surface area contributed by atoms with E-state index in [0.717, 1.165) is 31.5 Å². The molecule has 3 N–H and O–H groups in total. The molecule has 6 nitrogen and oxygen atoms in total. The molecule has 25 heavy (non-hydrogen) atoms. The molecule has 7 heteroatoms. The SMILES string of the molecule is CC(=O)c1cccc2c1OB(O)[C@@H](CC(=O)CNC1CCNCC1)C2. The molecule has 1 atom stereocenters. The van der Waals surface area contributed by atoms with Crippen LogP contribution in [0.4, 0.5) is 0 Å². The molecule has 0 bridgehead atoms. The average molecular weight is 344 g/mol. The Balaban J connectivity index is 1.57. The first-order valence-corrected chi connectivity index (χ1v) is 8.98. The van der Waals surface area contributed by atoms with Gasteiger partial charge < -0.3 is 20.3 Å². The summed E-state index contributed by atoms with van der Waals surface area (Å²) >= 11 is 0. The van der Waals surface area contributed by atoms with Gasteiger partial charge in [0.05, 0.1) is 12.1 Å². The largest absolute Gasteiger partial charge is 0.535 e. The molecule has 1 fully saturated rings. The Labute approximate surface area is 148 Å². The van der Waals surface area contributed by atoms with E-state index in [0.29, 0.717) is 30.3 Å². The van der Waals surface area contributed by atoms with E-state index in [1.165, 1.54) is 6.92 Å². The predicted molar refractivity (Wildman–Crippen MR) is 96.0 cm³/mol. The maximum absolute atomic E-state index is 12.3. The summed E-state index contributed by atoms with van der Waals surface area (Å²) in [6.45, 7) is 3.77. The summed E-state index contributed by atoms with van der Waals surface area (Å²) in [5.41, 5.74) is 1.36. The summed E-state index contributed by atoms with van der Waals surface area (Å²) in [5, 5.41) is 16.9. The molecule has 2 heterocycles. The van der Waals surface area contributed by atoms with E-state index >= 15 is 0 Å². The normalized spacial score (nSPS) is 20.7. The zero-order chi connectivity index (χ0) is 17.8. The van der Waals surface area contributed by atoms with Crippen molar-refractivity contribution < 1.29 is 19.3 Å². The second-order valence-corrected chi connectivity index (χ2v) is 6.97. The van der Waals surface area contributed by atoms with Crippen LogP contribution in [0, 0.1) is 0 Å². The highest BCUT2D eigenvalue weighted by atomic mass is 16.5. The van der Waals surface area contributed by atoms with E-state index in [-0.39, 0.29) is 23.8 Å². The molecule has 0 aromatic heterocycles. The highest BCUT2D eigenvalue weighted by Gasteiger charge is 2.37. The monoisotopic (exact) mass is 344 g/mol. The molecule has 0 spiro atoms. The van der Waals surface area contributed by atoms with Gasteiger partial charge in [-0.2, -0.15) is 0 Å². The van der Waals surface area contributed by atoms with Gasteiger partial charge in [0.25, 0.3) is 0 Å². The molecule has 0 radical (unpaired) electrons. The van der Waals surface area contributed by atoms with Crippen molar-refractivity contribution >= 4 is 18.7 Å². The van der Waals surface area contributed by atoms with Crippen molar-refractivity contribution in [3.63, 3.8) is 0 Å². The minimum atomic E-state index is -1.06. The van der Waals surface area contributed by atoms with Gasteiger partial charge in [-0.05, 0) is 50.9 Å². The number of fused-ring (bicyclic) bond motifs is 1. The van der Waals surface area contributed by atoms with Crippen LogP contribution in [0.15, 0.2) is 18.2 Å². The van der Waals surface area contributed by atoms with Crippen molar-refractivity contribution in [1.82, 2.24) is 10.6 Å². The number of hydrogen-bond acceptors (Lipinski definition) is 6. The fourth-order valence-electron chi connectivity index (χ4n) is 3.58. The average Bonchev–Trinajstić information content (AvgIpc) is 2.61. The van der Waals surface area contributed by atoms with Crippen LogP contribution in [0.3, 0.4) is 0 Å². The van der Waals surface area contributed by atoms with E-state index in [1.807, 2.05) is 12.1 Å². The van der Waals surface area contributed by atoms with Crippen molar-refractivity contribution in [2.45, 2.75) is 44.5 Å². The Kier molecular flexibility index (Phi) is 5.88. The van der Waals surface area contributed by atoms with Gasteiger partial charge in [-0.3, -0.25) is 9.59 Å². The van der Waals surface area contributed by atoms with E-state index in [1.54, 1.807) is 6.07 Å². The molecule has 3 rings (SSSR count). The lowest BCUT2D eigenvalue weighted by molar-refractivity contribution is -0.118. The van der Waals surface area contributed by atoms with Crippen molar-refractivity contribution in [3.8, 4) is 5.75 Å². The van der Waals surface area contributed by atoms with Gasteiger partial charge in [0.1, 0.15) is 11.5 Å². The molecule has 0 amide bonds. The third kappa shape index (κ3) is 4.48. The van der Waals surface area contributed by atoms with Crippen molar-refractivity contribution in [2.24, 2.45) is 0 Å². The second kappa shape index (κ2) is 8.12. The number of hydrogen-bond donors (Lipinski definition) is 3. The number of benzene rings is 1. The standard InChI is InChI=1S/C18H25BN2O4/c1-12(22)17-4-2-3-13-9-14(19(24)25-18(13)17)10-16(23)11-21-15-5-7-20-8-6-15/h2-4,14-15,20-21,24H,5-11H2,1H3/t14-/m1/s1. The maximum atomic E-state index is 12.3. The van der Waals surface area contributed by atoms with Gasteiger partial charge in [0, 0.05) is 18.3 Å². The number of para-hydroxylation sites is 1. The van der Waals surface area contributed by atoms with Gasteiger partial charge in [0.15, 0.2) is 5.78 Å². The number of Topliss-reactive ketones (excluding diaryl/α,β-unsaturated/α-hetero) is 2. The molecule has 0 saturated carbocycles. The van der Waals surface area contributed by atoms with E-state index < -0.39 is 7.12 Å². The lowest BCUT2D eigenvalue weighted by Gasteiger charge is -2.28. The Morgan fingerprint density at radius 2 is 2.12 bits per heavy atom. The third-order valence-corrected chi connectivity index (χ3v) is 5.02. The van der Waals surface area contributed by atoms with Crippen LogP contribution in [0.2, 0.25) is 5.82 Å². The lowest BCUT2D eigenvalue weighted by Crippen LogP contribution is -2.42. The van der Waals surface area contributed by atoms with Crippen LogP contribution in [0.5, 0.6) is 5.75 Å². The van der Waals surface area contributed by atoms with Gasteiger partial charge in [-0.15, -0.1) is 0 Å². The van der Waals surface area contributed by atoms with Crippen molar-refractivity contribution in [3.05, 3.63) is 29.3 Å². The lowest BCUT2D eigenvalue weighted by atomic mass is 9.64. The van der Waals surface area contributed by atoms with Crippen LogP contribution < -0.4 is 15.3 Å². The summed E-state index contributed by atoms with van der Waals surface area (Å²) in [6, 6.07) is 5.78. The molecular weight excluding hydrogens is 319 g/mol. The molecular formula is C18H25BN2O4. The second-order valence-electron chi connectivity index (χ2n) is 6.97. The fourth-order valence-corrected chi connectivity index (χ4v) is 3.58. The number of carbonyl (C=O) groups excluding carboxylic acids is 2. The molecule has 0 aliphatic carbocycles. The Morgan fingerprint density at radius 1 is 1.36 bits per heavy atom. The summed E-state index contributed by atoms with van der Waals surface area (Å²) in [4.78, 5) is 24.0. The number of ketones is 2. The molecule has 2 aliphatic rings. The summed E-state index contributed by atoms with van der Waals surface area (Å²) in [7, 11) is -1.06. The number of piperidine rings is 1. The molecule has 1 saturated heterocycles. The highest BCUT2D eigenvalue weighted by molar-refractivity contribution is 6.47. The fraction of sp³-hybridized carbons (Fsp3) is 0.556. The third-order valence-electron chi connectivity index (χ3n) is 5.02. The summed E-state index contributed by atoms with van der Waals surface area (Å²) < 4.78 is 5.59. The quantitative estimate of drug-likeness (QED) is 0.527. The van der Waals surface area contributed by atoms with Crippen LogP contribution in [0.1, 0.15) is 42.1 Å². The first-order chi connectivity index (χ1) is 12.0. The first-order valence-electron chi connectivity index (χ1n) is 8.98. The molecule has 134 valence electrons. The zero-order valence-electron chi connectivity index (χ0n) is 14.6. The molecule has 2 aliphatic heterocycles. The smallest absolute Gasteiger partial charge is 0.526 e. The van der Waals surface area contributed by atoms with E-state index in [4.69, 9.17) is 4.65 Å². The van der Waals surface area contributed by atoms with Crippen molar-refractivity contribution in [1.29, 1.82) is 0 Å². The number of carbonyl (C=O) groups is 2. The van der Waals surface area contributed by atoms with Gasteiger partial charge in [0.2, 0.25) is 0 Å². The van der Waals surface area contributed by atoms with Crippen LogP contribution in [-0.2, 0) is 11.2 Å². The summed E-state index contributed by atoms with van der Waals surface area (Å²) in [5.74, 6) is 0.165. The topological polar surface area (TPSA) is 87.7 Å². The predicted octanol–water partition coefficient (Wildman–Crippen LogP) is 0.976. The van der Waals surface area contributed by atoms with Crippen molar-refractivity contribution in [2.75, 3.05) is 19.6 Å². The Morgan fingerprint density at radius 3 is 2.84 bits per heavy atom. The van der Waals surface area contributed by atoms with Crippen LogP contribution >= 0.6 is 0 Å². The first kappa shape index (κ1) is 18.1. The van der Waals surface area contributed by atoms with Gasteiger partial charge >= 0.3 is 7.12 Å². The van der Waals surface area contributed by atoms with Gasteiger partial charge in [-0.1, -0.05) is 12.1 Å². The maximum Gasteiger partial charge on any atom is 0.526 e.